The average Bonchev–Trinajstić information content (AvgIpc) is 2.86. The summed E-state index contributed by atoms with van der Waals surface area (Å²) < 4.78 is 0. The van der Waals surface area contributed by atoms with Crippen molar-refractivity contribution in [2.24, 2.45) is 29.2 Å². The van der Waals surface area contributed by atoms with Crippen LogP contribution in [-0.4, -0.2) is 91.7 Å². The minimum Gasteiger partial charge on any atom is -0.508 e. The van der Waals surface area contributed by atoms with Crippen LogP contribution < -0.4 is 16.8 Å². The molecule has 1 saturated carbocycles. The van der Waals surface area contributed by atoms with Gasteiger partial charge < -0.3 is 42.3 Å². The van der Waals surface area contributed by atoms with Crippen LogP contribution in [-0.2, 0) is 19.2 Å². The first-order valence-electron chi connectivity index (χ1n) is 13.2. The lowest BCUT2D eigenvalue weighted by Gasteiger charge is -2.53. The Kier molecular flexibility index (Phi) is 7.54. The molecule has 13 nitrogen and oxygen atoms in total. The number of fused-ring (bicyclic) bond motifs is 3. The first-order valence-corrected chi connectivity index (χ1v) is 13.2. The highest BCUT2D eigenvalue weighted by Gasteiger charge is 2.68. The summed E-state index contributed by atoms with van der Waals surface area (Å²) in [6.07, 6.45) is -1.32. The number of carbonyl (C=O) groups excluding carboxylic acids is 4. The third-order valence-electron chi connectivity index (χ3n) is 8.45. The van der Waals surface area contributed by atoms with Crippen LogP contribution in [0, 0.1) is 17.8 Å². The molecule has 0 unspecified atom stereocenters. The number of hydrogen-bond donors (Lipinski definition) is 8. The summed E-state index contributed by atoms with van der Waals surface area (Å²) in [6, 6.07) is 0.591. The second-order valence-electron chi connectivity index (χ2n) is 11.7. The lowest BCUT2D eigenvalue weighted by Crippen LogP contribution is -2.70. The van der Waals surface area contributed by atoms with Gasteiger partial charge in [-0.3, -0.25) is 24.1 Å². The van der Waals surface area contributed by atoms with Gasteiger partial charge in [-0.15, -0.1) is 0 Å². The Morgan fingerprint density at radius 3 is 2.29 bits per heavy atom. The minimum absolute atomic E-state index is 0.0964. The highest BCUT2D eigenvalue weighted by atomic mass is 16.4. The molecule has 0 bridgehead atoms. The van der Waals surface area contributed by atoms with Gasteiger partial charge in [-0.1, -0.05) is 26.8 Å². The number of nitrogens with zero attached hydrogens (tertiary/aromatic N) is 1. The zero-order valence-corrected chi connectivity index (χ0v) is 23.4. The third kappa shape index (κ3) is 4.31. The number of rotatable bonds is 6. The fraction of sp³-hybridized carbons (Fsp3) is 0.500. The van der Waals surface area contributed by atoms with E-state index < -0.39 is 93.3 Å². The van der Waals surface area contributed by atoms with Crippen molar-refractivity contribution in [3.05, 3.63) is 40.2 Å². The van der Waals surface area contributed by atoms with Crippen molar-refractivity contribution in [3.63, 3.8) is 0 Å². The quantitative estimate of drug-likeness (QED) is 0.164. The standard InChI is InChI=1S/C28H36N4O9/c1-9(2)8-12(29)27(40)31-13-7-6-11-10(3)14-16(21(34)15(11)20(13)33)24(37)28(41)18(22(14)35)19(32(4)5)23(36)17(25(28)38)26(30)39/h6-7,9-10,12,14,18-19,22,33-35,38,41H,8,29H2,1-5H3,(H2,30,39)(H,31,40)/t10-,12-,14+,18+,19-,22-,28-/m0/s1. The molecule has 10 N–H and O–H groups in total. The predicted molar refractivity (Wildman–Crippen MR) is 146 cm³/mol. The molecule has 1 fully saturated rings. The number of ketones is 2. The maximum atomic E-state index is 14.0. The fourth-order valence-corrected chi connectivity index (χ4v) is 6.56. The van der Waals surface area contributed by atoms with Crippen LogP contribution in [0.2, 0.25) is 0 Å². The summed E-state index contributed by atoms with van der Waals surface area (Å²) in [7, 11) is 2.87. The van der Waals surface area contributed by atoms with Crippen molar-refractivity contribution < 1.29 is 44.7 Å². The number of benzene rings is 1. The summed E-state index contributed by atoms with van der Waals surface area (Å²) in [5, 5.41) is 59.4. The predicted octanol–water partition coefficient (Wildman–Crippen LogP) is -0.192. The van der Waals surface area contributed by atoms with E-state index >= 15 is 0 Å². The number of amides is 2. The molecule has 222 valence electrons. The number of likely N-dealkylation sites (N-methyl/N-ethyl adjacent to an activating group) is 1. The molecule has 0 heterocycles. The van der Waals surface area contributed by atoms with E-state index in [-0.39, 0.29) is 17.2 Å². The van der Waals surface area contributed by atoms with Gasteiger partial charge in [0.1, 0.15) is 22.8 Å². The average molecular weight is 573 g/mol. The Bertz CT molecular complexity index is 1420. The van der Waals surface area contributed by atoms with Gasteiger partial charge in [-0.2, -0.15) is 0 Å². The fourth-order valence-electron chi connectivity index (χ4n) is 6.56. The van der Waals surface area contributed by atoms with Crippen LogP contribution in [0.4, 0.5) is 5.69 Å². The lowest BCUT2D eigenvalue weighted by atomic mass is 9.54. The Balaban J connectivity index is 1.91. The van der Waals surface area contributed by atoms with Gasteiger partial charge in [-0.25, -0.2) is 0 Å². The molecule has 1 aromatic rings. The molecular formula is C28H36N4O9. The second-order valence-corrected chi connectivity index (χ2v) is 11.7. The summed E-state index contributed by atoms with van der Waals surface area (Å²) in [4.78, 5) is 53.3. The monoisotopic (exact) mass is 572 g/mol. The lowest BCUT2D eigenvalue weighted by molar-refractivity contribution is -0.169. The number of Topliss-reactive ketones (excluding diaryl/α,β-unsaturated/α-hetero) is 2. The SMILES string of the molecule is CC(C)C[C@H](N)C(=O)Nc1ccc2c(c1O)C(O)=C1C(=O)[C@]3(O)C(O)=C(C(N)=O)C(=O)[C@@H](N(C)C)[C@@H]3[C@@H](O)[C@@H]1[C@H]2C. The van der Waals surface area contributed by atoms with E-state index in [1.165, 1.54) is 31.1 Å². The minimum atomic E-state index is -3.01. The molecule has 41 heavy (non-hydrogen) atoms. The van der Waals surface area contributed by atoms with Crippen molar-refractivity contribution in [1.82, 2.24) is 4.90 Å². The first-order chi connectivity index (χ1) is 19.0. The summed E-state index contributed by atoms with van der Waals surface area (Å²) in [6.45, 7) is 5.40. The normalized spacial score (nSPS) is 30.2. The molecule has 0 spiro atoms. The van der Waals surface area contributed by atoms with Gasteiger partial charge in [-0.05, 0) is 44.0 Å². The van der Waals surface area contributed by atoms with Crippen molar-refractivity contribution in [2.75, 3.05) is 19.4 Å². The molecule has 13 heteroatoms. The van der Waals surface area contributed by atoms with Crippen molar-refractivity contribution in [2.45, 2.75) is 56.9 Å². The smallest absolute Gasteiger partial charge is 0.255 e. The van der Waals surface area contributed by atoms with Gasteiger partial charge in [0.15, 0.2) is 11.4 Å². The van der Waals surface area contributed by atoms with Crippen molar-refractivity contribution in [3.8, 4) is 5.75 Å². The Morgan fingerprint density at radius 1 is 1.15 bits per heavy atom. The topological polar surface area (TPSA) is 237 Å². The molecule has 0 aromatic heterocycles. The van der Waals surface area contributed by atoms with Gasteiger partial charge >= 0.3 is 0 Å². The van der Waals surface area contributed by atoms with Crippen LogP contribution in [0.15, 0.2) is 29.0 Å². The number of aliphatic hydroxyl groups is 4. The Hall–Kier alpha value is -3.78. The molecule has 7 atom stereocenters. The Labute approximate surface area is 236 Å². The number of carbonyl (C=O) groups is 4. The maximum Gasteiger partial charge on any atom is 0.255 e. The number of hydrogen-bond acceptors (Lipinski definition) is 11. The largest absolute Gasteiger partial charge is 0.508 e. The maximum absolute atomic E-state index is 14.0. The molecule has 2 amide bonds. The molecule has 3 aliphatic rings. The van der Waals surface area contributed by atoms with E-state index in [9.17, 15) is 44.7 Å². The van der Waals surface area contributed by atoms with E-state index in [2.05, 4.69) is 5.32 Å². The van der Waals surface area contributed by atoms with Crippen LogP contribution in [0.25, 0.3) is 5.76 Å². The molecule has 0 radical (unpaired) electrons. The molecule has 1 aromatic carbocycles. The molecule has 0 saturated heterocycles. The number of aromatic hydroxyl groups is 1. The zero-order chi connectivity index (χ0) is 30.9. The first kappa shape index (κ1) is 30.2. The van der Waals surface area contributed by atoms with Crippen LogP contribution in [0.1, 0.15) is 44.2 Å². The molecule has 3 aliphatic carbocycles. The van der Waals surface area contributed by atoms with Gasteiger partial charge in [0.25, 0.3) is 5.91 Å². The van der Waals surface area contributed by atoms with Crippen molar-refractivity contribution >= 4 is 34.8 Å². The molecule has 4 rings (SSSR count). The number of nitrogens with one attached hydrogen (secondary N) is 1. The van der Waals surface area contributed by atoms with Crippen LogP contribution >= 0.6 is 0 Å². The number of primary amides is 1. The van der Waals surface area contributed by atoms with Crippen molar-refractivity contribution in [1.29, 1.82) is 0 Å². The highest BCUT2D eigenvalue weighted by Crippen LogP contribution is 2.56. The number of anilines is 1. The van der Waals surface area contributed by atoms with E-state index in [1.54, 1.807) is 6.92 Å². The van der Waals surface area contributed by atoms with Gasteiger partial charge in [0, 0.05) is 11.5 Å². The van der Waals surface area contributed by atoms with Crippen LogP contribution in [0.3, 0.4) is 0 Å². The molecule has 0 aliphatic heterocycles. The van der Waals surface area contributed by atoms with Gasteiger partial charge in [0.2, 0.25) is 11.7 Å². The summed E-state index contributed by atoms with van der Waals surface area (Å²) in [5.41, 5.74) is 6.75. The number of phenols is 1. The summed E-state index contributed by atoms with van der Waals surface area (Å²) in [5.74, 6) is -10.4. The highest BCUT2D eigenvalue weighted by molar-refractivity contribution is 6.24. The second kappa shape index (κ2) is 10.2. The van der Waals surface area contributed by atoms with E-state index in [4.69, 9.17) is 11.5 Å². The molecular weight excluding hydrogens is 536 g/mol. The summed E-state index contributed by atoms with van der Waals surface area (Å²) >= 11 is 0. The van der Waals surface area contributed by atoms with E-state index in [0.29, 0.717) is 12.0 Å². The Morgan fingerprint density at radius 2 is 1.76 bits per heavy atom. The zero-order valence-electron chi connectivity index (χ0n) is 23.4. The van der Waals surface area contributed by atoms with E-state index in [1.807, 2.05) is 13.8 Å². The third-order valence-corrected chi connectivity index (χ3v) is 8.45. The number of phenolic OH excluding ortho intramolecular Hbond substituents is 1. The number of aliphatic hydroxyl groups excluding tert-OH is 3. The van der Waals surface area contributed by atoms with Crippen LogP contribution in [0.5, 0.6) is 5.75 Å². The van der Waals surface area contributed by atoms with E-state index in [0.717, 1.165) is 0 Å². The number of nitrogens with two attached hydrogens (primary N) is 2. The van der Waals surface area contributed by atoms with Gasteiger partial charge in [0.05, 0.1) is 35.4 Å².